The Morgan fingerprint density at radius 1 is 1.00 bits per heavy atom. The Balaban J connectivity index is 1.39. The van der Waals surface area contributed by atoms with Gasteiger partial charge in [0.15, 0.2) is 0 Å². The number of carbonyl (C=O) groups is 2. The number of amides is 2. The molecule has 5 heteroatoms. The summed E-state index contributed by atoms with van der Waals surface area (Å²) in [5, 5.41) is 3.17. The van der Waals surface area contributed by atoms with Gasteiger partial charge in [-0.25, -0.2) is 0 Å². The lowest BCUT2D eigenvalue weighted by Crippen LogP contribution is -2.44. The number of rotatable bonds is 9. The summed E-state index contributed by atoms with van der Waals surface area (Å²) in [5.41, 5.74) is 1.26. The van der Waals surface area contributed by atoms with Crippen molar-refractivity contribution in [2.24, 2.45) is 11.8 Å². The van der Waals surface area contributed by atoms with Crippen molar-refractivity contribution >= 4 is 11.8 Å². The van der Waals surface area contributed by atoms with Gasteiger partial charge in [0.1, 0.15) is 5.75 Å². The number of benzene rings is 2. The lowest BCUT2D eigenvalue weighted by Gasteiger charge is -2.32. The summed E-state index contributed by atoms with van der Waals surface area (Å²) >= 11 is 0. The molecule has 2 amide bonds. The fraction of sp³-hybridized carbons (Fsp3) is 0.462. The van der Waals surface area contributed by atoms with Crippen molar-refractivity contribution in [3.8, 4) is 5.75 Å². The fourth-order valence-electron chi connectivity index (χ4n) is 4.12. The molecule has 2 aromatic rings. The molecular formula is C26H34N2O3. The largest absolute Gasteiger partial charge is 0.493 e. The average Bonchev–Trinajstić information content (AvgIpc) is 2.80. The highest BCUT2D eigenvalue weighted by Gasteiger charge is 2.28. The predicted molar refractivity (Wildman–Crippen MR) is 123 cm³/mol. The van der Waals surface area contributed by atoms with Gasteiger partial charge in [-0.15, -0.1) is 0 Å². The quantitative estimate of drug-likeness (QED) is 0.657. The van der Waals surface area contributed by atoms with Crippen LogP contribution in [0.5, 0.6) is 5.75 Å². The molecule has 0 radical (unpaired) electrons. The van der Waals surface area contributed by atoms with Gasteiger partial charge in [0.25, 0.3) is 0 Å². The highest BCUT2D eigenvalue weighted by atomic mass is 16.5. The SMILES string of the molecule is CC(C)C(CNC(=O)C1CCN(C(=O)CCOc2ccccc2)CC1)c1ccccc1. The summed E-state index contributed by atoms with van der Waals surface area (Å²) < 4.78 is 5.63. The molecule has 0 saturated carbocycles. The minimum absolute atomic E-state index is 0.0202. The molecule has 0 bridgehead atoms. The summed E-state index contributed by atoms with van der Waals surface area (Å²) in [6.07, 6.45) is 1.79. The molecule has 0 aromatic heterocycles. The van der Waals surface area contributed by atoms with E-state index in [1.165, 1.54) is 5.56 Å². The van der Waals surface area contributed by atoms with Crippen LogP contribution in [0.1, 0.15) is 44.6 Å². The monoisotopic (exact) mass is 422 g/mol. The van der Waals surface area contributed by atoms with Crippen LogP contribution in [0.25, 0.3) is 0 Å². The number of nitrogens with one attached hydrogen (secondary N) is 1. The number of nitrogens with zero attached hydrogens (tertiary/aromatic N) is 1. The van der Waals surface area contributed by atoms with Gasteiger partial charge < -0.3 is 15.0 Å². The van der Waals surface area contributed by atoms with Gasteiger partial charge in [-0.3, -0.25) is 9.59 Å². The molecule has 1 fully saturated rings. The Labute approximate surface area is 185 Å². The van der Waals surface area contributed by atoms with Gasteiger partial charge in [-0.05, 0) is 36.5 Å². The van der Waals surface area contributed by atoms with Crippen molar-refractivity contribution < 1.29 is 14.3 Å². The third-order valence-electron chi connectivity index (χ3n) is 6.07. The Morgan fingerprint density at radius 3 is 2.23 bits per heavy atom. The van der Waals surface area contributed by atoms with Gasteiger partial charge in [-0.2, -0.15) is 0 Å². The molecule has 0 aliphatic carbocycles. The minimum Gasteiger partial charge on any atom is -0.493 e. The maximum absolute atomic E-state index is 12.7. The first kappa shape index (κ1) is 22.9. The van der Waals surface area contributed by atoms with Crippen LogP contribution in [0, 0.1) is 11.8 Å². The molecule has 1 saturated heterocycles. The number of hydrogen-bond donors (Lipinski definition) is 1. The Hall–Kier alpha value is -2.82. The van der Waals surface area contributed by atoms with Crippen LogP contribution in [0.2, 0.25) is 0 Å². The van der Waals surface area contributed by atoms with Crippen molar-refractivity contribution in [2.75, 3.05) is 26.2 Å². The fourth-order valence-corrected chi connectivity index (χ4v) is 4.12. The van der Waals surface area contributed by atoms with E-state index in [4.69, 9.17) is 4.74 Å². The second-order valence-electron chi connectivity index (χ2n) is 8.57. The Kier molecular flexibility index (Phi) is 8.51. The first-order chi connectivity index (χ1) is 15.0. The summed E-state index contributed by atoms with van der Waals surface area (Å²) in [6, 6.07) is 19.9. The molecule has 1 unspecified atom stereocenters. The first-order valence-electron chi connectivity index (χ1n) is 11.3. The van der Waals surface area contributed by atoms with E-state index in [9.17, 15) is 9.59 Å². The molecular weight excluding hydrogens is 388 g/mol. The topological polar surface area (TPSA) is 58.6 Å². The maximum Gasteiger partial charge on any atom is 0.225 e. The van der Waals surface area contributed by atoms with E-state index >= 15 is 0 Å². The van der Waals surface area contributed by atoms with Crippen LogP contribution in [0.4, 0.5) is 0 Å². The normalized spacial score (nSPS) is 15.5. The van der Waals surface area contributed by atoms with E-state index in [2.05, 4.69) is 31.3 Å². The van der Waals surface area contributed by atoms with E-state index in [0.29, 0.717) is 44.5 Å². The molecule has 2 aromatic carbocycles. The molecule has 5 nitrogen and oxygen atoms in total. The van der Waals surface area contributed by atoms with Crippen LogP contribution in [0.3, 0.4) is 0 Å². The molecule has 1 aliphatic heterocycles. The molecule has 166 valence electrons. The number of hydrogen-bond acceptors (Lipinski definition) is 3. The standard InChI is InChI=1S/C26H34N2O3/c1-20(2)24(21-9-5-3-6-10-21)19-27-26(30)22-13-16-28(17-14-22)25(29)15-18-31-23-11-7-4-8-12-23/h3-12,20,22,24H,13-19H2,1-2H3,(H,27,30). The van der Waals surface area contributed by atoms with Crippen LogP contribution in [-0.4, -0.2) is 43.0 Å². The van der Waals surface area contributed by atoms with Gasteiger partial charge in [0.2, 0.25) is 11.8 Å². The number of para-hydroxylation sites is 1. The Morgan fingerprint density at radius 2 is 1.61 bits per heavy atom. The third kappa shape index (κ3) is 6.84. The third-order valence-corrected chi connectivity index (χ3v) is 6.07. The van der Waals surface area contributed by atoms with Crippen LogP contribution < -0.4 is 10.1 Å². The number of ether oxygens (including phenoxy) is 1. The lowest BCUT2D eigenvalue weighted by atomic mass is 9.88. The van der Waals surface area contributed by atoms with Crippen molar-refractivity contribution in [1.29, 1.82) is 0 Å². The lowest BCUT2D eigenvalue weighted by molar-refractivity contribution is -0.136. The van der Waals surface area contributed by atoms with Crippen molar-refractivity contribution in [2.45, 2.75) is 39.0 Å². The zero-order valence-electron chi connectivity index (χ0n) is 18.6. The van der Waals surface area contributed by atoms with Crippen molar-refractivity contribution in [3.05, 3.63) is 66.2 Å². The van der Waals surface area contributed by atoms with Gasteiger partial charge in [0, 0.05) is 31.5 Å². The number of likely N-dealkylation sites (tertiary alicyclic amines) is 1. The molecule has 1 aliphatic rings. The summed E-state index contributed by atoms with van der Waals surface area (Å²) in [5.74, 6) is 1.71. The van der Waals surface area contributed by atoms with Crippen LogP contribution >= 0.6 is 0 Å². The van der Waals surface area contributed by atoms with Gasteiger partial charge in [0.05, 0.1) is 13.0 Å². The summed E-state index contributed by atoms with van der Waals surface area (Å²) in [6.45, 7) is 6.67. The highest BCUT2D eigenvalue weighted by molar-refractivity contribution is 5.80. The molecule has 0 spiro atoms. The smallest absolute Gasteiger partial charge is 0.225 e. The van der Waals surface area contributed by atoms with Crippen molar-refractivity contribution in [3.63, 3.8) is 0 Å². The number of piperidine rings is 1. The van der Waals surface area contributed by atoms with Crippen molar-refractivity contribution in [1.82, 2.24) is 10.2 Å². The zero-order chi connectivity index (χ0) is 22.1. The van der Waals surface area contributed by atoms with E-state index in [1.54, 1.807) is 0 Å². The highest BCUT2D eigenvalue weighted by Crippen LogP contribution is 2.24. The minimum atomic E-state index is -0.0202. The van der Waals surface area contributed by atoms with Gasteiger partial charge in [-0.1, -0.05) is 62.4 Å². The zero-order valence-corrected chi connectivity index (χ0v) is 18.6. The molecule has 1 N–H and O–H groups in total. The summed E-state index contributed by atoms with van der Waals surface area (Å²) in [4.78, 5) is 27.0. The van der Waals surface area contributed by atoms with E-state index in [-0.39, 0.29) is 17.7 Å². The van der Waals surface area contributed by atoms with Crippen LogP contribution in [0.15, 0.2) is 60.7 Å². The second kappa shape index (κ2) is 11.5. The maximum atomic E-state index is 12.7. The van der Waals surface area contributed by atoms with E-state index in [0.717, 1.165) is 18.6 Å². The van der Waals surface area contributed by atoms with E-state index < -0.39 is 0 Å². The average molecular weight is 423 g/mol. The summed E-state index contributed by atoms with van der Waals surface area (Å²) in [7, 11) is 0. The van der Waals surface area contributed by atoms with E-state index in [1.807, 2.05) is 53.4 Å². The van der Waals surface area contributed by atoms with Gasteiger partial charge >= 0.3 is 0 Å². The predicted octanol–water partition coefficient (Wildman–Crippen LogP) is 4.25. The first-order valence-corrected chi connectivity index (χ1v) is 11.3. The Bertz CT molecular complexity index is 815. The molecule has 3 rings (SSSR count). The number of carbonyl (C=O) groups excluding carboxylic acids is 2. The second-order valence-corrected chi connectivity index (χ2v) is 8.57. The molecule has 31 heavy (non-hydrogen) atoms. The molecule has 1 atom stereocenters. The molecule has 1 heterocycles. The van der Waals surface area contributed by atoms with Crippen LogP contribution in [-0.2, 0) is 9.59 Å².